The third-order valence-electron chi connectivity index (χ3n) is 1.70. The van der Waals surface area contributed by atoms with Gasteiger partial charge in [0.25, 0.3) is 0 Å². The molecule has 0 spiro atoms. The maximum Gasteiger partial charge on any atom is 0.0519 e. The van der Waals surface area contributed by atoms with Crippen LogP contribution < -0.4 is 10.6 Å². The van der Waals surface area contributed by atoms with E-state index in [9.17, 15) is 0 Å². The van der Waals surface area contributed by atoms with Crippen molar-refractivity contribution in [2.75, 3.05) is 13.1 Å². The molecular weight excluding hydrogens is 88.1 g/mol. The van der Waals surface area contributed by atoms with Crippen LogP contribution >= 0.6 is 0 Å². The Balaban J connectivity index is 2.12. The van der Waals surface area contributed by atoms with Crippen LogP contribution in [0.25, 0.3) is 0 Å². The highest BCUT2D eigenvalue weighted by atomic mass is 15.1. The summed E-state index contributed by atoms with van der Waals surface area (Å²) in [6.45, 7) is 2.28. The molecule has 2 bridgehead atoms. The van der Waals surface area contributed by atoms with E-state index in [4.69, 9.17) is 0 Å². The van der Waals surface area contributed by atoms with Crippen molar-refractivity contribution in [3.63, 3.8) is 0 Å². The van der Waals surface area contributed by atoms with Crippen LogP contribution in [0, 0.1) is 6.04 Å². The standard InChI is InChI=1S/C5H9N2/c1-4-2-6-5(1)3-7-4/h4,6-7H,1-3H2/t4-/m0/s1. The molecule has 0 aromatic heterocycles. The van der Waals surface area contributed by atoms with E-state index < -0.39 is 0 Å². The van der Waals surface area contributed by atoms with Crippen LogP contribution in [0.5, 0.6) is 0 Å². The van der Waals surface area contributed by atoms with Crippen LogP contribution in [0.4, 0.5) is 0 Å². The first-order chi connectivity index (χ1) is 3.45. The Morgan fingerprint density at radius 3 is 2.71 bits per heavy atom. The van der Waals surface area contributed by atoms with Crippen molar-refractivity contribution in [2.45, 2.75) is 12.5 Å². The van der Waals surface area contributed by atoms with Gasteiger partial charge in [-0.3, -0.25) is 0 Å². The lowest BCUT2D eigenvalue weighted by Crippen LogP contribution is -2.36. The second-order valence-corrected chi connectivity index (χ2v) is 2.27. The zero-order chi connectivity index (χ0) is 4.69. The smallest absolute Gasteiger partial charge is 0.0519 e. The zero-order valence-electron chi connectivity index (χ0n) is 4.20. The predicted molar refractivity (Wildman–Crippen MR) is 27.7 cm³/mol. The van der Waals surface area contributed by atoms with Crippen LogP contribution in [-0.4, -0.2) is 19.1 Å². The minimum absolute atomic E-state index is 0.773. The Hall–Kier alpha value is -0.0800. The molecule has 2 aliphatic rings. The lowest BCUT2D eigenvalue weighted by atomic mass is 10.3. The highest BCUT2D eigenvalue weighted by Gasteiger charge is 2.30. The summed E-state index contributed by atoms with van der Waals surface area (Å²) >= 11 is 0. The fourth-order valence-corrected chi connectivity index (χ4v) is 1.26. The van der Waals surface area contributed by atoms with Gasteiger partial charge in [0.2, 0.25) is 0 Å². The molecule has 2 saturated heterocycles. The minimum Gasteiger partial charge on any atom is -0.311 e. The van der Waals surface area contributed by atoms with Crippen LogP contribution in [0.3, 0.4) is 0 Å². The van der Waals surface area contributed by atoms with E-state index in [0.717, 1.165) is 19.1 Å². The maximum atomic E-state index is 3.36. The van der Waals surface area contributed by atoms with Crippen LogP contribution in [-0.2, 0) is 0 Å². The van der Waals surface area contributed by atoms with E-state index in [1.54, 1.807) is 0 Å². The number of piperazine rings is 1. The third-order valence-corrected chi connectivity index (χ3v) is 1.70. The van der Waals surface area contributed by atoms with Gasteiger partial charge >= 0.3 is 0 Å². The summed E-state index contributed by atoms with van der Waals surface area (Å²) in [4.78, 5) is 0. The first kappa shape index (κ1) is 3.87. The van der Waals surface area contributed by atoms with Crippen molar-refractivity contribution in [1.29, 1.82) is 0 Å². The topological polar surface area (TPSA) is 24.1 Å². The van der Waals surface area contributed by atoms with E-state index in [-0.39, 0.29) is 0 Å². The molecule has 2 N–H and O–H groups in total. The quantitative estimate of drug-likeness (QED) is 0.425. The molecule has 7 heavy (non-hydrogen) atoms. The van der Waals surface area contributed by atoms with Gasteiger partial charge in [0, 0.05) is 19.1 Å². The molecule has 2 fully saturated rings. The Morgan fingerprint density at radius 2 is 2.57 bits per heavy atom. The predicted octanol–water partition coefficient (Wildman–Crippen LogP) is -0.517. The van der Waals surface area contributed by atoms with Gasteiger partial charge in [0.1, 0.15) is 0 Å². The van der Waals surface area contributed by atoms with Gasteiger partial charge in [0.15, 0.2) is 0 Å². The van der Waals surface area contributed by atoms with Crippen molar-refractivity contribution in [2.24, 2.45) is 0 Å². The monoisotopic (exact) mass is 97.1 g/mol. The Bertz CT molecular complexity index is 64.1. The van der Waals surface area contributed by atoms with Gasteiger partial charge in [-0.05, 0) is 6.42 Å². The van der Waals surface area contributed by atoms with Gasteiger partial charge < -0.3 is 10.6 Å². The van der Waals surface area contributed by atoms with E-state index in [1.807, 2.05) is 0 Å². The summed E-state index contributed by atoms with van der Waals surface area (Å²) < 4.78 is 0. The van der Waals surface area contributed by atoms with Crippen molar-refractivity contribution >= 4 is 0 Å². The number of fused-ring (bicyclic) bond motifs is 2. The SMILES string of the molecule is C1N[C@@H]2CN[C]1C2. The summed E-state index contributed by atoms with van der Waals surface area (Å²) in [6, 6.07) is 2.28. The van der Waals surface area contributed by atoms with E-state index in [1.165, 1.54) is 12.5 Å². The van der Waals surface area contributed by atoms with Crippen molar-refractivity contribution in [1.82, 2.24) is 10.6 Å². The highest BCUT2D eigenvalue weighted by molar-refractivity contribution is 5.07. The second-order valence-electron chi connectivity index (χ2n) is 2.27. The highest BCUT2D eigenvalue weighted by Crippen LogP contribution is 2.18. The lowest BCUT2D eigenvalue weighted by molar-refractivity contribution is 0.572. The summed E-state index contributed by atoms with van der Waals surface area (Å²) in [5.41, 5.74) is 0. The number of hydrogen-bond acceptors (Lipinski definition) is 2. The van der Waals surface area contributed by atoms with Crippen molar-refractivity contribution in [3.05, 3.63) is 6.04 Å². The van der Waals surface area contributed by atoms with E-state index in [0.29, 0.717) is 0 Å². The molecule has 0 aromatic carbocycles. The normalized spacial score (nSPS) is 40.3. The second kappa shape index (κ2) is 1.20. The molecule has 0 aliphatic carbocycles. The van der Waals surface area contributed by atoms with E-state index in [2.05, 4.69) is 10.6 Å². The van der Waals surface area contributed by atoms with Crippen molar-refractivity contribution < 1.29 is 0 Å². The average Bonchev–Trinajstić information content (AvgIpc) is 2.22. The first-order valence-corrected chi connectivity index (χ1v) is 2.77. The van der Waals surface area contributed by atoms with Gasteiger partial charge in [-0.15, -0.1) is 0 Å². The van der Waals surface area contributed by atoms with Crippen LogP contribution in [0.15, 0.2) is 0 Å². The van der Waals surface area contributed by atoms with E-state index >= 15 is 0 Å². The number of hydrogen-bond donors (Lipinski definition) is 2. The first-order valence-electron chi connectivity index (χ1n) is 2.77. The molecule has 0 aromatic rings. The van der Waals surface area contributed by atoms with Crippen molar-refractivity contribution in [3.8, 4) is 0 Å². The molecular formula is C5H9N2. The lowest BCUT2D eigenvalue weighted by Gasteiger charge is -2.09. The average molecular weight is 97.1 g/mol. The molecule has 1 radical (unpaired) electrons. The van der Waals surface area contributed by atoms with Gasteiger partial charge in [0.05, 0.1) is 6.04 Å². The fourth-order valence-electron chi connectivity index (χ4n) is 1.26. The Labute approximate surface area is 43.3 Å². The van der Waals surface area contributed by atoms with Gasteiger partial charge in [-0.1, -0.05) is 0 Å². The summed E-state index contributed by atoms with van der Waals surface area (Å²) in [5.74, 6) is 0. The molecule has 0 unspecified atom stereocenters. The van der Waals surface area contributed by atoms with Crippen LogP contribution in [0.2, 0.25) is 0 Å². The molecule has 2 heterocycles. The molecule has 39 valence electrons. The Kier molecular flexibility index (Phi) is 0.664. The molecule has 2 rings (SSSR count). The third kappa shape index (κ3) is 0.469. The maximum absolute atomic E-state index is 3.36. The fraction of sp³-hybridized carbons (Fsp3) is 0.800. The van der Waals surface area contributed by atoms with Gasteiger partial charge in [-0.25, -0.2) is 0 Å². The summed E-state index contributed by atoms with van der Waals surface area (Å²) in [6.07, 6.45) is 1.28. The van der Waals surface area contributed by atoms with Crippen LogP contribution in [0.1, 0.15) is 6.42 Å². The zero-order valence-corrected chi connectivity index (χ0v) is 4.20. The number of rotatable bonds is 0. The largest absolute Gasteiger partial charge is 0.311 e. The molecule has 0 amide bonds. The summed E-state index contributed by atoms with van der Waals surface area (Å²) in [5, 5.41) is 6.67. The molecule has 0 saturated carbocycles. The molecule has 2 aliphatic heterocycles. The van der Waals surface area contributed by atoms with Gasteiger partial charge in [-0.2, -0.15) is 0 Å². The minimum atomic E-state index is 0.773. The molecule has 2 nitrogen and oxygen atoms in total. The summed E-state index contributed by atoms with van der Waals surface area (Å²) in [7, 11) is 0. The molecule has 1 atom stereocenters. The molecule has 2 heteroatoms. The Morgan fingerprint density at radius 1 is 1.57 bits per heavy atom. The number of nitrogens with one attached hydrogen (secondary N) is 2.